The lowest BCUT2D eigenvalue weighted by Crippen LogP contribution is -2.48. The van der Waals surface area contributed by atoms with Gasteiger partial charge in [0.1, 0.15) is 0 Å². The molecule has 2 atom stereocenters. The maximum absolute atomic E-state index is 12.8. The smallest absolute Gasteiger partial charge is 0.254 e. The Hall–Kier alpha value is -1.35. The highest BCUT2D eigenvalue weighted by molar-refractivity contribution is 5.95. The third-order valence-electron chi connectivity index (χ3n) is 4.55. The van der Waals surface area contributed by atoms with E-state index in [-0.39, 0.29) is 5.91 Å². The number of amides is 1. The van der Waals surface area contributed by atoms with Crippen LogP contribution in [0.5, 0.6) is 0 Å². The highest BCUT2D eigenvalue weighted by Crippen LogP contribution is 2.29. The van der Waals surface area contributed by atoms with Crippen LogP contribution < -0.4 is 5.73 Å². The van der Waals surface area contributed by atoms with Gasteiger partial charge in [0, 0.05) is 18.2 Å². The Bertz CT molecular complexity index is 458. The number of rotatable bonds is 4. The molecule has 3 nitrogen and oxygen atoms in total. The van der Waals surface area contributed by atoms with Crippen molar-refractivity contribution in [3.8, 4) is 0 Å². The summed E-state index contributed by atoms with van der Waals surface area (Å²) in [6.07, 6.45) is 4.69. The molecule has 0 aromatic heterocycles. The van der Waals surface area contributed by atoms with Crippen LogP contribution in [0.1, 0.15) is 48.5 Å². The normalized spacial score (nSPS) is 22.6. The van der Waals surface area contributed by atoms with E-state index in [0.29, 0.717) is 18.5 Å². The molecular formula is C17H26N2O. The van der Waals surface area contributed by atoms with Crippen molar-refractivity contribution in [3.63, 3.8) is 0 Å². The van der Waals surface area contributed by atoms with Crippen LogP contribution in [0.4, 0.5) is 0 Å². The molecule has 1 aliphatic rings. The highest BCUT2D eigenvalue weighted by atomic mass is 16.2. The standard InChI is InChI=1S/C17H26N2O/c1-3-19(16-11-7-5-9-14(16)12-18)17(20)15-10-6-4-8-13(15)2/h4,6,8,10,14,16H,3,5,7,9,11-12,18H2,1-2H3. The lowest BCUT2D eigenvalue weighted by molar-refractivity contribution is 0.0559. The average molecular weight is 274 g/mol. The lowest BCUT2D eigenvalue weighted by atomic mass is 9.83. The van der Waals surface area contributed by atoms with Crippen LogP contribution in [0.3, 0.4) is 0 Å². The monoisotopic (exact) mass is 274 g/mol. The van der Waals surface area contributed by atoms with E-state index >= 15 is 0 Å². The summed E-state index contributed by atoms with van der Waals surface area (Å²) in [5.74, 6) is 0.618. The highest BCUT2D eigenvalue weighted by Gasteiger charge is 2.31. The zero-order valence-electron chi connectivity index (χ0n) is 12.6. The zero-order chi connectivity index (χ0) is 14.5. The summed E-state index contributed by atoms with van der Waals surface area (Å²) in [5.41, 5.74) is 7.80. The van der Waals surface area contributed by atoms with Crippen molar-refractivity contribution in [2.75, 3.05) is 13.1 Å². The summed E-state index contributed by atoms with van der Waals surface area (Å²) in [4.78, 5) is 14.9. The third-order valence-corrected chi connectivity index (χ3v) is 4.55. The van der Waals surface area contributed by atoms with E-state index in [2.05, 4.69) is 6.92 Å². The molecule has 1 amide bonds. The summed E-state index contributed by atoms with van der Waals surface area (Å²) in [5, 5.41) is 0. The van der Waals surface area contributed by atoms with Gasteiger partial charge in [0.25, 0.3) is 5.91 Å². The molecule has 20 heavy (non-hydrogen) atoms. The van der Waals surface area contributed by atoms with Crippen LogP contribution in [0.25, 0.3) is 0 Å². The molecule has 2 rings (SSSR count). The Morgan fingerprint density at radius 3 is 2.65 bits per heavy atom. The Kier molecular flexibility index (Phi) is 5.18. The van der Waals surface area contributed by atoms with Gasteiger partial charge in [-0.1, -0.05) is 31.0 Å². The van der Waals surface area contributed by atoms with Crippen molar-refractivity contribution in [1.82, 2.24) is 4.90 Å². The minimum atomic E-state index is 0.163. The lowest BCUT2D eigenvalue weighted by Gasteiger charge is -2.39. The first-order valence-electron chi connectivity index (χ1n) is 7.75. The number of benzene rings is 1. The number of aryl methyl sites for hydroxylation is 1. The summed E-state index contributed by atoms with van der Waals surface area (Å²) >= 11 is 0. The van der Waals surface area contributed by atoms with Crippen LogP contribution in [0.15, 0.2) is 24.3 Å². The fourth-order valence-corrected chi connectivity index (χ4v) is 3.37. The summed E-state index contributed by atoms with van der Waals surface area (Å²) in [7, 11) is 0. The molecule has 0 radical (unpaired) electrons. The molecule has 0 bridgehead atoms. The van der Waals surface area contributed by atoms with Crippen molar-refractivity contribution in [3.05, 3.63) is 35.4 Å². The maximum Gasteiger partial charge on any atom is 0.254 e. The fraction of sp³-hybridized carbons (Fsp3) is 0.588. The predicted molar refractivity (Wildman–Crippen MR) is 82.7 cm³/mol. The van der Waals surface area contributed by atoms with Gasteiger partial charge in [-0.3, -0.25) is 4.79 Å². The second-order valence-corrected chi connectivity index (χ2v) is 5.75. The first-order chi connectivity index (χ1) is 9.69. The fourth-order valence-electron chi connectivity index (χ4n) is 3.37. The third kappa shape index (κ3) is 3.04. The van der Waals surface area contributed by atoms with E-state index in [1.807, 2.05) is 36.1 Å². The Morgan fingerprint density at radius 1 is 1.30 bits per heavy atom. The molecule has 2 N–H and O–H groups in total. The van der Waals surface area contributed by atoms with Crippen molar-refractivity contribution >= 4 is 5.91 Å². The minimum absolute atomic E-state index is 0.163. The van der Waals surface area contributed by atoms with Crippen LogP contribution in [-0.4, -0.2) is 29.9 Å². The maximum atomic E-state index is 12.8. The summed E-state index contributed by atoms with van der Waals surface area (Å²) < 4.78 is 0. The van der Waals surface area contributed by atoms with Crippen molar-refractivity contribution < 1.29 is 4.79 Å². The SMILES string of the molecule is CCN(C(=O)c1ccccc1C)C1CCCCC1CN. The van der Waals surface area contributed by atoms with Gasteiger partial charge < -0.3 is 10.6 Å². The number of hydrogen-bond acceptors (Lipinski definition) is 2. The molecule has 0 heterocycles. The van der Waals surface area contributed by atoms with Gasteiger partial charge in [-0.05, 0) is 50.8 Å². The molecular weight excluding hydrogens is 248 g/mol. The second-order valence-electron chi connectivity index (χ2n) is 5.75. The quantitative estimate of drug-likeness (QED) is 0.917. The van der Waals surface area contributed by atoms with Crippen LogP contribution in [0.2, 0.25) is 0 Å². The molecule has 0 spiro atoms. The van der Waals surface area contributed by atoms with Gasteiger partial charge in [0.15, 0.2) is 0 Å². The first-order valence-corrected chi connectivity index (χ1v) is 7.75. The van der Waals surface area contributed by atoms with Crippen molar-refractivity contribution in [2.45, 2.75) is 45.6 Å². The van der Waals surface area contributed by atoms with Crippen molar-refractivity contribution in [1.29, 1.82) is 0 Å². The molecule has 1 aliphatic carbocycles. The molecule has 0 aliphatic heterocycles. The molecule has 0 saturated heterocycles. The number of nitrogens with two attached hydrogens (primary N) is 1. The summed E-state index contributed by atoms with van der Waals surface area (Å²) in [6, 6.07) is 8.16. The van der Waals surface area contributed by atoms with E-state index in [1.165, 1.54) is 12.8 Å². The Morgan fingerprint density at radius 2 is 2.00 bits per heavy atom. The van der Waals surface area contributed by atoms with Crippen LogP contribution in [-0.2, 0) is 0 Å². The molecule has 3 heteroatoms. The van der Waals surface area contributed by atoms with E-state index in [0.717, 1.165) is 30.5 Å². The number of hydrogen-bond donors (Lipinski definition) is 1. The predicted octanol–water partition coefficient (Wildman–Crippen LogP) is 2.97. The second kappa shape index (κ2) is 6.89. The average Bonchev–Trinajstić information content (AvgIpc) is 2.49. The topological polar surface area (TPSA) is 46.3 Å². The van der Waals surface area contributed by atoms with Gasteiger partial charge >= 0.3 is 0 Å². The minimum Gasteiger partial charge on any atom is -0.336 e. The zero-order valence-corrected chi connectivity index (χ0v) is 12.6. The largest absolute Gasteiger partial charge is 0.336 e. The molecule has 1 saturated carbocycles. The van der Waals surface area contributed by atoms with E-state index in [4.69, 9.17) is 5.73 Å². The molecule has 1 aromatic carbocycles. The summed E-state index contributed by atoms with van der Waals surface area (Å²) in [6.45, 7) is 5.51. The van der Waals surface area contributed by atoms with Gasteiger partial charge in [0.05, 0.1) is 0 Å². The van der Waals surface area contributed by atoms with Gasteiger partial charge in [-0.15, -0.1) is 0 Å². The number of nitrogens with zero attached hydrogens (tertiary/aromatic N) is 1. The van der Waals surface area contributed by atoms with Crippen LogP contribution in [0, 0.1) is 12.8 Å². The molecule has 1 fully saturated rings. The number of carbonyl (C=O) groups is 1. The van der Waals surface area contributed by atoms with E-state index in [1.54, 1.807) is 0 Å². The van der Waals surface area contributed by atoms with Crippen LogP contribution >= 0.6 is 0 Å². The van der Waals surface area contributed by atoms with Gasteiger partial charge in [0.2, 0.25) is 0 Å². The Labute approximate surface area is 122 Å². The van der Waals surface area contributed by atoms with E-state index < -0.39 is 0 Å². The Balaban J connectivity index is 2.23. The molecule has 1 aromatic rings. The molecule has 110 valence electrons. The van der Waals surface area contributed by atoms with Crippen molar-refractivity contribution in [2.24, 2.45) is 11.7 Å². The van der Waals surface area contributed by atoms with Gasteiger partial charge in [-0.2, -0.15) is 0 Å². The van der Waals surface area contributed by atoms with E-state index in [9.17, 15) is 4.79 Å². The molecule has 2 unspecified atom stereocenters. The number of carbonyl (C=O) groups excluding carboxylic acids is 1. The van der Waals surface area contributed by atoms with Gasteiger partial charge in [-0.25, -0.2) is 0 Å². The first kappa shape index (κ1) is 15.0.